The molecule has 0 aliphatic heterocycles. The van der Waals surface area contributed by atoms with Gasteiger partial charge in [0.2, 0.25) is 5.91 Å². The number of anilines is 1. The molecular weight excluding hydrogens is 226 g/mol. The summed E-state index contributed by atoms with van der Waals surface area (Å²) in [5.41, 5.74) is 5.61. The van der Waals surface area contributed by atoms with Crippen molar-refractivity contribution >= 4 is 23.2 Å². The van der Waals surface area contributed by atoms with Crippen LogP contribution in [0.5, 0.6) is 0 Å². The molecule has 0 radical (unpaired) electrons. The van der Waals surface area contributed by atoms with E-state index in [0.717, 1.165) is 0 Å². The zero-order valence-corrected chi connectivity index (χ0v) is 10.2. The van der Waals surface area contributed by atoms with E-state index in [-0.39, 0.29) is 5.91 Å². The number of hydrogen-bond donors (Lipinski definition) is 2. The maximum atomic E-state index is 11.9. The fourth-order valence-corrected chi connectivity index (χ4v) is 1.44. The number of carbonyl (C=O) groups is 1. The number of halogens is 1. The lowest BCUT2D eigenvalue weighted by atomic mass is 9.93. The molecule has 0 aliphatic carbocycles. The van der Waals surface area contributed by atoms with Gasteiger partial charge >= 0.3 is 0 Å². The summed E-state index contributed by atoms with van der Waals surface area (Å²) in [4.78, 5) is 15.8. The number of nitrogens with one attached hydrogen (secondary N) is 1. The summed E-state index contributed by atoms with van der Waals surface area (Å²) in [6.45, 7) is 3.77. The van der Waals surface area contributed by atoms with Gasteiger partial charge in [0.15, 0.2) is 0 Å². The summed E-state index contributed by atoms with van der Waals surface area (Å²) in [5, 5.41) is 3.15. The van der Waals surface area contributed by atoms with Crippen LogP contribution in [0.4, 0.5) is 5.69 Å². The Labute approximate surface area is 100 Å². The van der Waals surface area contributed by atoms with Gasteiger partial charge in [0, 0.05) is 6.20 Å². The maximum Gasteiger partial charge on any atom is 0.244 e. The monoisotopic (exact) mass is 241 g/mol. The van der Waals surface area contributed by atoms with Crippen LogP contribution in [0.3, 0.4) is 0 Å². The SMILES string of the molecule is CCC(N)(CC)C(=O)Nc1cnccc1Cl. The second-order valence-corrected chi connectivity index (χ2v) is 4.08. The molecule has 0 saturated carbocycles. The molecule has 0 aromatic carbocycles. The number of nitrogens with zero attached hydrogens (tertiary/aromatic N) is 1. The minimum absolute atomic E-state index is 0.229. The molecule has 0 fully saturated rings. The van der Waals surface area contributed by atoms with Crippen molar-refractivity contribution < 1.29 is 4.79 Å². The van der Waals surface area contributed by atoms with Crippen molar-refractivity contribution in [1.82, 2.24) is 4.98 Å². The van der Waals surface area contributed by atoms with Gasteiger partial charge in [-0.05, 0) is 18.9 Å². The first-order chi connectivity index (χ1) is 7.53. The van der Waals surface area contributed by atoms with E-state index in [2.05, 4.69) is 10.3 Å². The van der Waals surface area contributed by atoms with E-state index in [0.29, 0.717) is 23.6 Å². The Morgan fingerprint density at radius 2 is 2.19 bits per heavy atom. The molecule has 4 nitrogen and oxygen atoms in total. The van der Waals surface area contributed by atoms with E-state index < -0.39 is 5.54 Å². The van der Waals surface area contributed by atoms with Gasteiger partial charge in [0.05, 0.1) is 22.4 Å². The average molecular weight is 242 g/mol. The number of pyridine rings is 1. The molecule has 1 amide bonds. The van der Waals surface area contributed by atoms with Crippen LogP contribution in [0.15, 0.2) is 18.5 Å². The highest BCUT2D eigenvalue weighted by molar-refractivity contribution is 6.33. The highest BCUT2D eigenvalue weighted by Gasteiger charge is 2.30. The summed E-state index contributed by atoms with van der Waals surface area (Å²) in [5.74, 6) is -0.229. The Kier molecular flexibility index (Phi) is 4.26. The Morgan fingerprint density at radius 1 is 1.56 bits per heavy atom. The summed E-state index contributed by atoms with van der Waals surface area (Å²) in [7, 11) is 0. The standard InChI is InChI=1S/C11H16ClN3O/c1-3-11(13,4-2)10(16)15-9-7-14-6-5-8(9)12/h5-7H,3-4,13H2,1-2H3,(H,15,16). The van der Waals surface area contributed by atoms with E-state index in [1.807, 2.05) is 13.8 Å². The minimum Gasteiger partial charge on any atom is -0.322 e. The first kappa shape index (κ1) is 12.9. The molecule has 0 unspecified atom stereocenters. The van der Waals surface area contributed by atoms with E-state index in [9.17, 15) is 4.79 Å². The maximum absolute atomic E-state index is 11.9. The van der Waals surface area contributed by atoms with Crippen molar-refractivity contribution in [2.45, 2.75) is 32.2 Å². The van der Waals surface area contributed by atoms with Gasteiger partial charge in [-0.15, -0.1) is 0 Å². The van der Waals surface area contributed by atoms with Crippen LogP contribution in [0, 0.1) is 0 Å². The van der Waals surface area contributed by atoms with Crippen LogP contribution in [-0.2, 0) is 4.79 Å². The first-order valence-corrected chi connectivity index (χ1v) is 5.61. The molecular formula is C11H16ClN3O. The zero-order valence-electron chi connectivity index (χ0n) is 9.46. The second kappa shape index (κ2) is 5.27. The van der Waals surface area contributed by atoms with E-state index >= 15 is 0 Å². The summed E-state index contributed by atoms with van der Waals surface area (Å²) in [6.07, 6.45) is 4.22. The smallest absolute Gasteiger partial charge is 0.244 e. The van der Waals surface area contributed by atoms with Gasteiger partial charge in [-0.2, -0.15) is 0 Å². The molecule has 3 N–H and O–H groups in total. The van der Waals surface area contributed by atoms with Crippen molar-refractivity contribution in [1.29, 1.82) is 0 Å². The summed E-state index contributed by atoms with van der Waals surface area (Å²) >= 11 is 5.91. The second-order valence-electron chi connectivity index (χ2n) is 3.67. The number of rotatable bonds is 4. The molecule has 0 spiro atoms. The van der Waals surface area contributed by atoms with E-state index in [4.69, 9.17) is 17.3 Å². The third-order valence-corrected chi connectivity index (χ3v) is 3.06. The highest BCUT2D eigenvalue weighted by atomic mass is 35.5. The van der Waals surface area contributed by atoms with Crippen LogP contribution >= 0.6 is 11.6 Å². The molecule has 1 rings (SSSR count). The topological polar surface area (TPSA) is 68.0 Å². The Hall–Kier alpha value is -1.13. The molecule has 0 atom stereocenters. The van der Waals surface area contributed by atoms with Gasteiger partial charge in [0.1, 0.15) is 0 Å². The molecule has 16 heavy (non-hydrogen) atoms. The quantitative estimate of drug-likeness (QED) is 0.849. The van der Waals surface area contributed by atoms with Crippen molar-refractivity contribution in [3.05, 3.63) is 23.5 Å². The molecule has 0 aliphatic rings. The fraction of sp³-hybridized carbons (Fsp3) is 0.455. The van der Waals surface area contributed by atoms with Gasteiger partial charge in [-0.1, -0.05) is 25.4 Å². The molecule has 0 bridgehead atoms. The van der Waals surface area contributed by atoms with Gasteiger partial charge < -0.3 is 11.1 Å². The lowest BCUT2D eigenvalue weighted by molar-refractivity contribution is -0.121. The molecule has 1 heterocycles. The van der Waals surface area contributed by atoms with Gasteiger partial charge in [0.25, 0.3) is 0 Å². The number of aromatic nitrogens is 1. The van der Waals surface area contributed by atoms with Crippen LogP contribution < -0.4 is 11.1 Å². The number of hydrogen-bond acceptors (Lipinski definition) is 3. The van der Waals surface area contributed by atoms with Crippen molar-refractivity contribution in [2.75, 3.05) is 5.32 Å². The molecule has 1 aromatic rings. The van der Waals surface area contributed by atoms with E-state index in [1.165, 1.54) is 6.20 Å². The zero-order chi connectivity index (χ0) is 12.2. The number of amides is 1. The van der Waals surface area contributed by atoms with Crippen LogP contribution in [0.25, 0.3) is 0 Å². The van der Waals surface area contributed by atoms with E-state index in [1.54, 1.807) is 12.3 Å². The third kappa shape index (κ3) is 2.71. The minimum atomic E-state index is -0.848. The first-order valence-electron chi connectivity index (χ1n) is 5.23. The fourth-order valence-electron chi connectivity index (χ4n) is 1.29. The van der Waals surface area contributed by atoms with Crippen molar-refractivity contribution in [2.24, 2.45) is 5.73 Å². The van der Waals surface area contributed by atoms with Crippen molar-refractivity contribution in [3.8, 4) is 0 Å². The summed E-state index contributed by atoms with van der Waals surface area (Å²) < 4.78 is 0. The lowest BCUT2D eigenvalue weighted by Gasteiger charge is -2.25. The van der Waals surface area contributed by atoms with Gasteiger partial charge in [-0.3, -0.25) is 9.78 Å². The van der Waals surface area contributed by atoms with Gasteiger partial charge in [-0.25, -0.2) is 0 Å². The number of nitrogens with two attached hydrogens (primary N) is 1. The Bertz CT molecular complexity index is 377. The third-order valence-electron chi connectivity index (χ3n) is 2.73. The predicted molar refractivity (Wildman–Crippen MR) is 65.4 cm³/mol. The Morgan fingerprint density at radius 3 is 2.69 bits per heavy atom. The van der Waals surface area contributed by atoms with Crippen molar-refractivity contribution in [3.63, 3.8) is 0 Å². The highest BCUT2D eigenvalue weighted by Crippen LogP contribution is 2.21. The Balaban J connectivity index is 2.83. The summed E-state index contributed by atoms with van der Waals surface area (Å²) in [6, 6.07) is 1.62. The largest absolute Gasteiger partial charge is 0.322 e. The molecule has 5 heteroatoms. The van der Waals surface area contributed by atoms with Crippen LogP contribution in [-0.4, -0.2) is 16.4 Å². The normalized spacial score (nSPS) is 11.2. The van der Waals surface area contributed by atoms with Crippen LogP contribution in [0.2, 0.25) is 5.02 Å². The lowest BCUT2D eigenvalue weighted by Crippen LogP contribution is -2.50. The van der Waals surface area contributed by atoms with Crippen LogP contribution in [0.1, 0.15) is 26.7 Å². The number of carbonyl (C=O) groups excluding carboxylic acids is 1. The predicted octanol–water partition coefficient (Wildman–Crippen LogP) is 2.19. The molecule has 0 saturated heterocycles. The molecule has 1 aromatic heterocycles. The molecule has 88 valence electrons. The average Bonchev–Trinajstić information content (AvgIpc) is 2.31.